The zero-order valence-corrected chi connectivity index (χ0v) is 11.9. The van der Waals surface area contributed by atoms with Gasteiger partial charge in [0, 0.05) is 22.4 Å². The fourth-order valence-electron chi connectivity index (χ4n) is 1.82. The number of benzene rings is 1. The van der Waals surface area contributed by atoms with E-state index in [0.717, 1.165) is 5.56 Å². The van der Waals surface area contributed by atoms with Crippen LogP contribution in [0.15, 0.2) is 47.2 Å². The van der Waals surface area contributed by atoms with Gasteiger partial charge in [-0.05, 0) is 42.3 Å². The summed E-state index contributed by atoms with van der Waals surface area (Å²) >= 11 is 3.38. The molecule has 0 bridgehead atoms. The number of rotatable bonds is 3. The van der Waals surface area contributed by atoms with E-state index in [1.165, 1.54) is 0 Å². The molecule has 0 aliphatic carbocycles. The molecule has 0 fully saturated rings. The van der Waals surface area contributed by atoms with Gasteiger partial charge in [-0.3, -0.25) is 9.78 Å². The zero-order valence-electron chi connectivity index (χ0n) is 10.3. The van der Waals surface area contributed by atoms with Crippen molar-refractivity contribution in [3.05, 3.63) is 63.9 Å². The van der Waals surface area contributed by atoms with Crippen molar-refractivity contribution in [1.82, 2.24) is 4.98 Å². The number of carbonyl (C=O) groups is 1. The topological polar surface area (TPSA) is 53.8 Å². The highest BCUT2D eigenvalue weighted by molar-refractivity contribution is 9.10. The van der Waals surface area contributed by atoms with Gasteiger partial charge in [0.2, 0.25) is 0 Å². The maximum atomic E-state index is 12.4. The van der Waals surface area contributed by atoms with Crippen LogP contribution in [0.1, 0.15) is 27.4 Å². The molecule has 1 heterocycles. The van der Waals surface area contributed by atoms with Gasteiger partial charge < -0.3 is 0 Å². The minimum atomic E-state index is -0.804. The molecular formula is C15H11BrN2O. The molecule has 3 nitrogen and oxygen atoms in total. The largest absolute Gasteiger partial charge is 0.292 e. The molecule has 0 saturated carbocycles. The summed E-state index contributed by atoms with van der Waals surface area (Å²) in [5.41, 5.74) is 2.24. The van der Waals surface area contributed by atoms with Crippen LogP contribution in [0, 0.1) is 18.3 Å². The highest BCUT2D eigenvalue weighted by Crippen LogP contribution is 2.25. The summed E-state index contributed by atoms with van der Waals surface area (Å²) in [4.78, 5) is 16.3. The Balaban J connectivity index is 2.40. The average molecular weight is 315 g/mol. The third-order valence-electron chi connectivity index (χ3n) is 2.82. The van der Waals surface area contributed by atoms with E-state index in [1.54, 1.807) is 30.6 Å². The van der Waals surface area contributed by atoms with Gasteiger partial charge >= 0.3 is 0 Å². The van der Waals surface area contributed by atoms with Crippen LogP contribution in [0.3, 0.4) is 0 Å². The first kappa shape index (κ1) is 13.4. The lowest BCUT2D eigenvalue weighted by atomic mass is 9.92. The number of halogens is 1. The van der Waals surface area contributed by atoms with Crippen molar-refractivity contribution in [3.63, 3.8) is 0 Å². The average Bonchev–Trinajstić information content (AvgIpc) is 2.40. The van der Waals surface area contributed by atoms with Crippen LogP contribution < -0.4 is 0 Å². The van der Waals surface area contributed by atoms with Crippen LogP contribution >= 0.6 is 15.9 Å². The Morgan fingerprint density at radius 2 is 2.00 bits per heavy atom. The summed E-state index contributed by atoms with van der Waals surface area (Å²) in [6.07, 6.45) is 3.16. The summed E-state index contributed by atoms with van der Waals surface area (Å²) in [6.45, 7) is 1.95. The molecular weight excluding hydrogens is 304 g/mol. The Morgan fingerprint density at radius 3 is 2.58 bits per heavy atom. The number of ketones is 1. The van der Waals surface area contributed by atoms with E-state index >= 15 is 0 Å². The first-order valence-corrected chi connectivity index (χ1v) is 6.52. The molecule has 1 atom stereocenters. The number of pyridine rings is 1. The second kappa shape index (κ2) is 5.77. The summed E-state index contributed by atoms with van der Waals surface area (Å²) in [5, 5.41) is 9.25. The number of nitrogens with zero attached hydrogens (tertiary/aromatic N) is 2. The molecule has 94 valence electrons. The van der Waals surface area contributed by atoms with E-state index in [4.69, 9.17) is 0 Å². The van der Waals surface area contributed by atoms with E-state index in [2.05, 4.69) is 27.0 Å². The van der Waals surface area contributed by atoms with Crippen LogP contribution in [0.4, 0.5) is 0 Å². The van der Waals surface area contributed by atoms with Crippen LogP contribution in [0.2, 0.25) is 0 Å². The Labute approximate surface area is 120 Å². The lowest BCUT2D eigenvalue weighted by molar-refractivity contribution is 0.0978. The van der Waals surface area contributed by atoms with Gasteiger partial charge in [0.1, 0.15) is 5.92 Å². The number of hydrogen-bond donors (Lipinski definition) is 0. The summed E-state index contributed by atoms with van der Waals surface area (Å²) in [5.74, 6) is -1.01. The molecule has 1 aromatic carbocycles. The highest BCUT2D eigenvalue weighted by atomic mass is 79.9. The minimum absolute atomic E-state index is 0.208. The molecule has 0 aliphatic heterocycles. The first-order valence-electron chi connectivity index (χ1n) is 5.73. The van der Waals surface area contributed by atoms with Gasteiger partial charge in [-0.1, -0.05) is 22.0 Å². The number of aromatic nitrogens is 1. The smallest absolute Gasteiger partial charge is 0.185 e. The molecule has 0 N–H and O–H groups in total. The Kier molecular flexibility index (Phi) is 4.08. The Hall–Kier alpha value is -1.99. The second-order valence-electron chi connectivity index (χ2n) is 4.19. The predicted octanol–water partition coefficient (Wildman–Crippen LogP) is 3.64. The standard InChI is InChI=1S/C15H11BrN2O/c1-10-2-3-12(14(16)8-10)15(19)13(9-17)11-4-6-18-7-5-11/h2-8,13H,1H3. The van der Waals surface area contributed by atoms with Gasteiger partial charge in [-0.15, -0.1) is 0 Å². The van der Waals surface area contributed by atoms with Crippen LogP contribution in [0.5, 0.6) is 0 Å². The van der Waals surface area contributed by atoms with Gasteiger partial charge in [0.05, 0.1) is 6.07 Å². The number of nitriles is 1. The summed E-state index contributed by atoms with van der Waals surface area (Å²) in [6, 6.07) is 10.9. The molecule has 0 aliphatic rings. The van der Waals surface area contributed by atoms with E-state index in [9.17, 15) is 10.1 Å². The lowest BCUT2D eigenvalue weighted by Gasteiger charge is -2.10. The van der Waals surface area contributed by atoms with E-state index in [0.29, 0.717) is 15.6 Å². The van der Waals surface area contributed by atoms with Crippen molar-refractivity contribution in [1.29, 1.82) is 5.26 Å². The minimum Gasteiger partial charge on any atom is -0.292 e. The quantitative estimate of drug-likeness (QED) is 0.813. The van der Waals surface area contributed by atoms with Crippen molar-refractivity contribution in [2.75, 3.05) is 0 Å². The highest BCUT2D eigenvalue weighted by Gasteiger charge is 2.23. The second-order valence-corrected chi connectivity index (χ2v) is 5.04. The molecule has 0 radical (unpaired) electrons. The fourth-order valence-corrected chi connectivity index (χ4v) is 2.50. The predicted molar refractivity (Wildman–Crippen MR) is 75.8 cm³/mol. The van der Waals surface area contributed by atoms with Crippen molar-refractivity contribution < 1.29 is 4.79 Å². The summed E-state index contributed by atoms with van der Waals surface area (Å²) in [7, 11) is 0. The zero-order chi connectivity index (χ0) is 13.8. The number of hydrogen-bond acceptors (Lipinski definition) is 3. The molecule has 19 heavy (non-hydrogen) atoms. The van der Waals surface area contributed by atoms with Crippen molar-refractivity contribution in [2.24, 2.45) is 0 Å². The maximum absolute atomic E-state index is 12.4. The Morgan fingerprint density at radius 1 is 1.32 bits per heavy atom. The van der Waals surface area contributed by atoms with Crippen molar-refractivity contribution in [2.45, 2.75) is 12.8 Å². The SMILES string of the molecule is Cc1ccc(C(=O)C(C#N)c2ccncc2)c(Br)c1. The fraction of sp³-hybridized carbons (Fsp3) is 0.133. The van der Waals surface area contributed by atoms with Crippen molar-refractivity contribution in [3.8, 4) is 6.07 Å². The van der Waals surface area contributed by atoms with Crippen LogP contribution in [-0.4, -0.2) is 10.8 Å². The molecule has 1 unspecified atom stereocenters. The molecule has 2 aromatic rings. The molecule has 2 rings (SSSR count). The normalized spacial score (nSPS) is 11.6. The molecule has 0 amide bonds. The van der Waals surface area contributed by atoms with Crippen molar-refractivity contribution >= 4 is 21.7 Å². The third kappa shape index (κ3) is 2.88. The van der Waals surface area contributed by atoms with Gasteiger partial charge in [-0.25, -0.2) is 0 Å². The monoisotopic (exact) mass is 314 g/mol. The van der Waals surface area contributed by atoms with Crippen LogP contribution in [0.25, 0.3) is 0 Å². The van der Waals surface area contributed by atoms with Gasteiger partial charge in [0.15, 0.2) is 5.78 Å². The number of Topliss-reactive ketones (excluding diaryl/α,β-unsaturated/α-hetero) is 1. The molecule has 0 spiro atoms. The van der Waals surface area contributed by atoms with E-state index in [-0.39, 0.29) is 5.78 Å². The Bertz CT molecular complexity index is 647. The van der Waals surface area contributed by atoms with E-state index < -0.39 is 5.92 Å². The maximum Gasteiger partial charge on any atom is 0.185 e. The van der Waals surface area contributed by atoms with Crippen LogP contribution in [-0.2, 0) is 0 Å². The van der Waals surface area contributed by atoms with E-state index in [1.807, 2.05) is 19.1 Å². The first-order chi connectivity index (χ1) is 9.13. The third-order valence-corrected chi connectivity index (χ3v) is 3.48. The van der Waals surface area contributed by atoms with Gasteiger partial charge in [0.25, 0.3) is 0 Å². The summed E-state index contributed by atoms with van der Waals surface area (Å²) < 4.78 is 0.715. The molecule has 1 aromatic heterocycles. The lowest BCUT2D eigenvalue weighted by Crippen LogP contribution is -2.12. The molecule has 4 heteroatoms. The number of carbonyl (C=O) groups excluding carboxylic acids is 1. The van der Waals surface area contributed by atoms with Gasteiger partial charge in [-0.2, -0.15) is 5.26 Å². The number of aryl methyl sites for hydroxylation is 1. The molecule has 0 saturated heterocycles.